The molecule has 4 N–H and O–H groups in total. The molecular weight excluding hydrogens is 408 g/mol. The van der Waals surface area contributed by atoms with E-state index in [2.05, 4.69) is 12.2 Å². The number of hydrogen-bond acceptors (Lipinski definition) is 5. The van der Waals surface area contributed by atoms with Gasteiger partial charge in [-0.2, -0.15) is 0 Å². The lowest BCUT2D eigenvalue weighted by atomic mass is 9.98. The summed E-state index contributed by atoms with van der Waals surface area (Å²) >= 11 is 0. The number of amides is 3. The summed E-state index contributed by atoms with van der Waals surface area (Å²) in [5, 5.41) is 23.1. The first-order valence-electron chi connectivity index (χ1n) is 11.0. The van der Waals surface area contributed by atoms with Crippen LogP contribution in [0.1, 0.15) is 59.7 Å². The van der Waals surface area contributed by atoms with E-state index in [1.54, 1.807) is 30.3 Å². The Hall–Kier alpha value is -3.23. The predicted molar refractivity (Wildman–Crippen MR) is 122 cm³/mol. The number of imide groups is 1. The van der Waals surface area contributed by atoms with Crippen LogP contribution >= 0.6 is 0 Å². The minimum absolute atomic E-state index is 0.00912. The molecule has 32 heavy (non-hydrogen) atoms. The lowest BCUT2D eigenvalue weighted by Gasteiger charge is -2.39. The summed E-state index contributed by atoms with van der Waals surface area (Å²) in [5.74, 6) is -0.142. The van der Waals surface area contributed by atoms with Crippen LogP contribution in [0.4, 0.5) is 4.79 Å². The molecule has 2 aromatic carbocycles. The molecule has 3 amide bonds. The molecule has 1 heterocycles. The summed E-state index contributed by atoms with van der Waals surface area (Å²) in [7, 11) is 0. The maximum Gasteiger partial charge on any atom is 0.424 e. The number of rotatable bonds is 9. The van der Waals surface area contributed by atoms with Crippen molar-refractivity contribution >= 4 is 17.8 Å². The fraction of sp³-hybridized carbons (Fsp3) is 0.375. The fourth-order valence-electron chi connectivity index (χ4n) is 3.67. The number of benzene rings is 2. The molecule has 1 atom stereocenters. The molecular formula is C24H30N4O4. The van der Waals surface area contributed by atoms with Gasteiger partial charge in [0.15, 0.2) is 0 Å². The average Bonchev–Trinajstić information content (AvgIpc) is 2.80. The van der Waals surface area contributed by atoms with E-state index in [9.17, 15) is 14.8 Å². The molecule has 1 aliphatic rings. The van der Waals surface area contributed by atoms with Crippen molar-refractivity contribution in [3.05, 3.63) is 69.9 Å². The van der Waals surface area contributed by atoms with E-state index < -0.39 is 16.6 Å². The first-order chi connectivity index (χ1) is 15.3. The minimum atomic E-state index is -1.50. The van der Waals surface area contributed by atoms with Crippen LogP contribution in [0, 0.1) is 10.6 Å². The predicted octanol–water partition coefficient (Wildman–Crippen LogP) is 3.85. The Morgan fingerprint density at radius 1 is 1.19 bits per heavy atom. The van der Waals surface area contributed by atoms with Gasteiger partial charge in [-0.05, 0) is 35.7 Å². The molecule has 0 spiro atoms. The Morgan fingerprint density at radius 2 is 1.94 bits per heavy atom. The maximum atomic E-state index is 13.0. The highest BCUT2D eigenvalue weighted by Gasteiger charge is 2.41. The number of nitrogens with two attached hydrogens (primary N) is 1. The molecule has 1 aliphatic heterocycles. The van der Waals surface area contributed by atoms with Crippen molar-refractivity contribution in [3.63, 3.8) is 0 Å². The average molecular weight is 439 g/mol. The second-order valence-corrected chi connectivity index (χ2v) is 8.03. The highest BCUT2D eigenvalue weighted by atomic mass is 16.6. The number of nitrogens with one attached hydrogen (secondary N) is 2. The van der Waals surface area contributed by atoms with Gasteiger partial charge < -0.3 is 21.0 Å². The molecule has 0 aromatic heterocycles. The molecule has 8 heteroatoms. The van der Waals surface area contributed by atoms with Crippen LogP contribution in [-0.2, 0) is 13.0 Å². The van der Waals surface area contributed by atoms with Crippen LogP contribution < -0.4 is 15.8 Å². The van der Waals surface area contributed by atoms with E-state index in [1.807, 2.05) is 12.1 Å². The maximum absolute atomic E-state index is 13.0. The van der Waals surface area contributed by atoms with Crippen LogP contribution in [0.25, 0.3) is 0 Å². The van der Waals surface area contributed by atoms with Crippen LogP contribution in [0.5, 0.6) is 5.75 Å². The van der Waals surface area contributed by atoms with Gasteiger partial charge in [0.2, 0.25) is 0 Å². The standard InChI is InChI=1S/C24H30N4O4/c1-2-3-4-5-13-27-24(30)28(31)14-12-19-15-20(10-11-21(19)23(28)29)32-16-17-6-8-18(9-7-17)22(25)26/h6-11,15H,2-5,12-14,16H2,1H3,(H3,25,26)(H,27,30). The van der Waals surface area contributed by atoms with Gasteiger partial charge in [-0.1, -0.05) is 50.5 Å². The van der Waals surface area contributed by atoms with Crippen LogP contribution in [0.2, 0.25) is 0 Å². The zero-order valence-corrected chi connectivity index (χ0v) is 18.4. The lowest BCUT2D eigenvalue weighted by Crippen LogP contribution is -2.59. The smallest absolute Gasteiger partial charge is 0.424 e. The summed E-state index contributed by atoms with van der Waals surface area (Å²) in [4.78, 5) is 25.3. The van der Waals surface area contributed by atoms with Crippen molar-refractivity contribution in [2.75, 3.05) is 13.1 Å². The second kappa shape index (κ2) is 10.4. The number of nitrogen functional groups attached to an aromatic ring is 1. The number of quaternary nitrogens is 1. The third-order valence-corrected chi connectivity index (χ3v) is 5.64. The van der Waals surface area contributed by atoms with E-state index in [0.717, 1.165) is 31.2 Å². The Kier molecular flexibility index (Phi) is 7.61. The third kappa shape index (κ3) is 5.33. The van der Waals surface area contributed by atoms with Crippen LogP contribution in [0.15, 0.2) is 42.5 Å². The Bertz CT molecular complexity index is 990. The monoisotopic (exact) mass is 438 g/mol. The quantitative estimate of drug-likeness (QED) is 0.180. The number of nitrogens with zero attached hydrogens (tertiary/aromatic N) is 1. The second-order valence-electron chi connectivity index (χ2n) is 8.03. The van der Waals surface area contributed by atoms with Crippen LogP contribution in [0.3, 0.4) is 0 Å². The number of fused-ring (bicyclic) bond motifs is 1. The summed E-state index contributed by atoms with van der Waals surface area (Å²) in [6, 6.07) is 11.4. The largest absolute Gasteiger partial charge is 0.616 e. The number of urea groups is 1. The third-order valence-electron chi connectivity index (χ3n) is 5.64. The van der Waals surface area contributed by atoms with Gasteiger partial charge >= 0.3 is 11.9 Å². The SMILES string of the molecule is CCCCCCNC(=O)[N+]1([O-])CCc2cc(OCc3ccc(C(=N)N)cc3)ccc2C1=O. The highest BCUT2D eigenvalue weighted by molar-refractivity contribution is 5.98. The molecule has 0 saturated carbocycles. The molecule has 8 nitrogen and oxygen atoms in total. The first-order valence-corrected chi connectivity index (χ1v) is 11.0. The minimum Gasteiger partial charge on any atom is -0.616 e. The lowest BCUT2D eigenvalue weighted by molar-refractivity contribution is -0.714. The number of hydrogen-bond donors (Lipinski definition) is 3. The zero-order valence-electron chi connectivity index (χ0n) is 18.4. The molecule has 0 saturated heterocycles. The van der Waals surface area contributed by atoms with Gasteiger partial charge in [0.1, 0.15) is 18.2 Å². The topological polar surface area (TPSA) is 128 Å². The molecule has 3 rings (SSSR count). The normalized spacial score (nSPS) is 17.5. The Morgan fingerprint density at radius 3 is 2.62 bits per heavy atom. The Balaban J connectivity index is 1.61. The summed E-state index contributed by atoms with van der Waals surface area (Å²) in [6.45, 7) is 2.69. The Labute approximate surface area is 188 Å². The summed E-state index contributed by atoms with van der Waals surface area (Å²) in [5.41, 5.74) is 7.99. The number of amidine groups is 1. The molecule has 0 fully saturated rings. The van der Waals surface area contributed by atoms with E-state index in [4.69, 9.17) is 15.9 Å². The van der Waals surface area contributed by atoms with E-state index in [0.29, 0.717) is 36.4 Å². The van der Waals surface area contributed by atoms with Gasteiger partial charge in [-0.3, -0.25) is 5.41 Å². The molecule has 0 aliphatic carbocycles. The van der Waals surface area contributed by atoms with Crippen molar-refractivity contribution < 1.29 is 19.0 Å². The van der Waals surface area contributed by atoms with Crippen molar-refractivity contribution in [2.24, 2.45) is 5.73 Å². The van der Waals surface area contributed by atoms with Gasteiger partial charge in [0, 0.05) is 18.5 Å². The number of unbranched alkanes of at least 4 members (excludes halogenated alkanes) is 3. The van der Waals surface area contributed by atoms with Crippen LogP contribution in [-0.4, -0.2) is 35.5 Å². The zero-order chi connectivity index (χ0) is 23.1. The van der Waals surface area contributed by atoms with Crippen molar-refractivity contribution in [1.82, 2.24) is 5.32 Å². The highest BCUT2D eigenvalue weighted by Crippen LogP contribution is 2.28. The van der Waals surface area contributed by atoms with E-state index >= 15 is 0 Å². The number of ether oxygens (including phenoxy) is 1. The summed E-state index contributed by atoms with van der Waals surface area (Å²) in [6.07, 6.45) is 4.26. The van der Waals surface area contributed by atoms with Crippen molar-refractivity contribution in [2.45, 2.75) is 45.6 Å². The molecule has 0 bridgehead atoms. The molecule has 2 aromatic rings. The first kappa shape index (κ1) is 23.4. The van der Waals surface area contributed by atoms with Crippen molar-refractivity contribution in [1.29, 1.82) is 5.41 Å². The van der Waals surface area contributed by atoms with E-state index in [-0.39, 0.29) is 17.9 Å². The number of hydroxylamine groups is 3. The van der Waals surface area contributed by atoms with Gasteiger partial charge in [-0.15, -0.1) is 0 Å². The molecule has 170 valence electrons. The van der Waals surface area contributed by atoms with Crippen molar-refractivity contribution in [3.8, 4) is 5.75 Å². The number of carbonyl (C=O) groups is 2. The van der Waals surface area contributed by atoms with Gasteiger partial charge in [0.05, 0.1) is 12.1 Å². The molecule has 0 radical (unpaired) electrons. The van der Waals surface area contributed by atoms with Gasteiger partial charge in [-0.25, -0.2) is 14.2 Å². The number of carbonyl (C=O) groups excluding carboxylic acids is 2. The fourth-order valence-corrected chi connectivity index (χ4v) is 3.67. The van der Waals surface area contributed by atoms with Gasteiger partial charge in [0.25, 0.3) is 0 Å². The molecule has 1 unspecified atom stereocenters. The van der Waals surface area contributed by atoms with E-state index in [1.165, 1.54) is 0 Å². The summed E-state index contributed by atoms with van der Waals surface area (Å²) < 4.78 is 4.32.